The molecule has 2 atom stereocenters. The van der Waals surface area contributed by atoms with Crippen LogP contribution in [0.3, 0.4) is 0 Å². The normalized spacial score (nSPS) is 16.9. The minimum Gasteiger partial charge on any atom is -0.361 e. The third-order valence-corrected chi connectivity index (χ3v) is 9.46. The minimum absolute atomic E-state index is 0.0752. The van der Waals surface area contributed by atoms with Gasteiger partial charge in [0.1, 0.15) is 36.5 Å². The molecule has 0 saturated carbocycles. The van der Waals surface area contributed by atoms with Crippen LogP contribution < -0.4 is 4.90 Å². The maximum Gasteiger partial charge on any atom is 0.175 e. The topological polar surface area (TPSA) is 97.7 Å². The standard InChI is InChI=1S/C25H31FN8OSSi/c1-37(2,3)9-8-35-17-33-7-5-20-23(28-15-29-24(20)33)19-12-31-34(14-19)22(10-26)18-4-6-32(13-18)25-21(11-27)30-16-36-25/h5,7,12,14-16,18,22H,4,6,8-10,13,17H2,1-3H3/t18-,22?/m0/s1. The first-order valence-electron chi connectivity index (χ1n) is 12.4. The Morgan fingerprint density at radius 3 is 2.95 bits per heavy atom. The largest absolute Gasteiger partial charge is 0.361 e. The van der Waals surface area contributed by atoms with Gasteiger partial charge in [0.25, 0.3) is 0 Å². The van der Waals surface area contributed by atoms with E-state index in [-0.39, 0.29) is 12.0 Å². The van der Waals surface area contributed by atoms with Crippen molar-refractivity contribution < 1.29 is 9.13 Å². The molecule has 4 aromatic rings. The molecule has 5 rings (SSSR count). The average molecular weight is 539 g/mol. The molecule has 5 heterocycles. The fourth-order valence-corrected chi connectivity index (χ4v) is 6.30. The van der Waals surface area contributed by atoms with Crippen LogP contribution in [0.15, 0.2) is 36.5 Å². The number of anilines is 1. The molecule has 0 aliphatic carbocycles. The molecule has 12 heteroatoms. The summed E-state index contributed by atoms with van der Waals surface area (Å²) in [5.74, 6) is 0.0752. The van der Waals surface area contributed by atoms with Crippen molar-refractivity contribution in [3.63, 3.8) is 0 Å². The van der Waals surface area contributed by atoms with Crippen LogP contribution in [-0.2, 0) is 11.5 Å². The summed E-state index contributed by atoms with van der Waals surface area (Å²) in [5.41, 5.74) is 4.52. The van der Waals surface area contributed by atoms with Crippen molar-refractivity contribution in [1.29, 1.82) is 5.26 Å². The van der Waals surface area contributed by atoms with E-state index in [1.807, 2.05) is 23.0 Å². The second-order valence-electron chi connectivity index (χ2n) is 10.6. The molecule has 9 nitrogen and oxygen atoms in total. The SMILES string of the molecule is C[Si](C)(C)CCOCn1ccc2c(-c3cnn(C(CF)[C@H]4CCN(c5scnc5C#N)C4)c3)ncnc21. The van der Waals surface area contributed by atoms with Gasteiger partial charge in [0.05, 0.1) is 23.4 Å². The molecule has 194 valence electrons. The minimum atomic E-state index is -1.14. The Labute approximate surface area is 220 Å². The first-order chi connectivity index (χ1) is 17.9. The van der Waals surface area contributed by atoms with E-state index in [2.05, 4.69) is 50.7 Å². The lowest BCUT2D eigenvalue weighted by atomic mass is 10.0. The third kappa shape index (κ3) is 5.44. The van der Waals surface area contributed by atoms with E-state index >= 15 is 0 Å². The van der Waals surface area contributed by atoms with E-state index in [1.165, 1.54) is 11.3 Å². The molecule has 4 aromatic heterocycles. The summed E-state index contributed by atoms with van der Waals surface area (Å²) < 4.78 is 24.0. The molecule has 0 radical (unpaired) electrons. The highest BCUT2D eigenvalue weighted by atomic mass is 32.1. The number of rotatable bonds is 10. The van der Waals surface area contributed by atoms with Crippen LogP contribution in [-0.4, -0.2) is 63.7 Å². The summed E-state index contributed by atoms with van der Waals surface area (Å²) in [4.78, 5) is 15.3. The number of nitrogens with zero attached hydrogens (tertiary/aromatic N) is 8. The monoisotopic (exact) mass is 538 g/mol. The van der Waals surface area contributed by atoms with E-state index < -0.39 is 14.7 Å². The predicted octanol–water partition coefficient (Wildman–Crippen LogP) is 4.97. The third-order valence-electron chi connectivity index (χ3n) is 6.87. The fourth-order valence-electron chi connectivity index (χ4n) is 4.76. The van der Waals surface area contributed by atoms with Crippen molar-refractivity contribution in [3.05, 3.63) is 42.2 Å². The van der Waals surface area contributed by atoms with E-state index in [0.717, 1.165) is 52.9 Å². The Kier molecular flexibility index (Phi) is 7.37. The fraction of sp³-hybridized carbons (Fsp3) is 0.480. The molecule has 0 aromatic carbocycles. The summed E-state index contributed by atoms with van der Waals surface area (Å²) in [6, 6.07) is 4.86. The maximum absolute atomic E-state index is 14.3. The molecule has 0 bridgehead atoms. The van der Waals surface area contributed by atoms with E-state index in [9.17, 15) is 9.65 Å². The van der Waals surface area contributed by atoms with Gasteiger partial charge >= 0.3 is 0 Å². The zero-order valence-electron chi connectivity index (χ0n) is 21.3. The lowest BCUT2D eigenvalue weighted by Gasteiger charge is -2.22. The number of fused-ring (bicyclic) bond motifs is 1. The van der Waals surface area contributed by atoms with Crippen LogP contribution in [0.4, 0.5) is 9.39 Å². The van der Waals surface area contributed by atoms with E-state index in [4.69, 9.17) is 4.74 Å². The molecule has 37 heavy (non-hydrogen) atoms. The van der Waals surface area contributed by atoms with Crippen molar-refractivity contribution in [1.82, 2.24) is 29.3 Å². The lowest BCUT2D eigenvalue weighted by Crippen LogP contribution is -2.26. The number of hydrogen-bond donors (Lipinski definition) is 0. The van der Waals surface area contributed by atoms with Crippen LogP contribution in [0, 0.1) is 17.2 Å². The smallest absolute Gasteiger partial charge is 0.175 e. The van der Waals surface area contributed by atoms with Crippen LogP contribution in [0.2, 0.25) is 25.7 Å². The summed E-state index contributed by atoms with van der Waals surface area (Å²) >= 11 is 1.45. The zero-order chi connectivity index (χ0) is 26.0. The van der Waals surface area contributed by atoms with Crippen LogP contribution in [0.25, 0.3) is 22.3 Å². The van der Waals surface area contributed by atoms with Gasteiger partial charge in [0.15, 0.2) is 5.69 Å². The van der Waals surface area contributed by atoms with Gasteiger partial charge in [-0.05, 0) is 18.5 Å². The Hall–Kier alpha value is -3.14. The van der Waals surface area contributed by atoms with Gasteiger partial charge in [-0.3, -0.25) is 4.68 Å². The van der Waals surface area contributed by atoms with Gasteiger partial charge in [0, 0.05) is 57.0 Å². The van der Waals surface area contributed by atoms with Crippen LogP contribution in [0.1, 0.15) is 18.2 Å². The van der Waals surface area contributed by atoms with Gasteiger partial charge in [-0.1, -0.05) is 19.6 Å². The average Bonchev–Trinajstić information content (AvgIpc) is 3.68. The Bertz CT molecular complexity index is 1400. The Balaban J connectivity index is 1.31. The van der Waals surface area contributed by atoms with Gasteiger partial charge in [-0.15, -0.1) is 11.3 Å². The summed E-state index contributed by atoms with van der Waals surface area (Å²) in [7, 11) is -1.14. The zero-order valence-corrected chi connectivity index (χ0v) is 23.2. The van der Waals surface area contributed by atoms with Crippen LogP contribution in [0.5, 0.6) is 0 Å². The van der Waals surface area contributed by atoms with E-state index in [0.29, 0.717) is 19.0 Å². The molecule has 1 aliphatic heterocycles. The molecular formula is C25H31FN8OSSi. The summed E-state index contributed by atoms with van der Waals surface area (Å²) in [5, 5.41) is 15.6. The first kappa shape index (κ1) is 25.5. The second kappa shape index (κ2) is 10.7. The number of halogens is 1. The predicted molar refractivity (Wildman–Crippen MR) is 145 cm³/mol. The quantitative estimate of drug-likeness (QED) is 0.208. The highest BCUT2D eigenvalue weighted by Crippen LogP contribution is 2.35. The molecule has 1 aliphatic rings. The first-order valence-corrected chi connectivity index (χ1v) is 17.0. The van der Waals surface area contributed by atoms with Crippen molar-refractivity contribution in [3.8, 4) is 17.3 Å². The van der Waals surface area contributed by atoms with Gasteiger partial charge in [-0.2, -0.15) is 10.4 Å². The van der Waals surface area contributed by atoms with Gasteiger partial charge < -0.3 is 14.2 Å². The summed E-state index contributed by atoms with van der Waals surface area (Å²) in [6.07, 6.45) is 7.97. The molecule has 1 fully saturated rings. The molecular weight excluding hydrogens is 507 g/mol. The number of alkyl halides is 1. The van der Waals surface area contributed by atoms with Gasteiger partial charge in [-0.25, -0.2) is 19.3 Å². The highest BCUT2D eigenvalue weighted by Gasteiger charge is 2.33. The molecule has 1 unspecified atom stereocenters. The second-order valence-corrected chi connectivity index (χ2v) is 17.1. The van der Waals surface area contributed by atoms with Crippen molar-refractivity contribution in [2.75, 3.05) is 31.3 Å². The highest BCUT2D eigenvalue weighted by molar-refractivity contribution is 7.14. The Morgan fingerprint density at radius 1 is 1.30 bits per heavy atom. The van der Waals surface area contributed by atoms with Crippen LogP contribution >= 0.6 is 11.3 Å². The molecule has 0 amide bonds. The lowest BCUT2D eigenvalue weighted by molar-refractivity contribution is 0.0899. The van der Waals surface area contributed by atoms with Crippen molar-refractivity contribution in [2.24, 2.45) is 5.92 Å². The summed E-state index contributed by atoms with van der Waals surface area (Å²) in [6.45, 7) is 9.11. The van der Waals surface area contributed by atoms with Crippen molar-refractivity contribution >= 4 is 35.4 Å². The van der Waals surface area contributed by atoms with Gasteiger partial charge in [0.2, 0.25) is 0 Å². The molecule has 0 N–H and O–H groups in total. The number of nitriles is 1. The molecule has 0 spiro atoms. The van der Waals surface area contributed by atoms with E-state index in [1.54, 1.807) is 22.7 Å². The number of thiazole rings is 1. The number of aromatic nitrogens is 6. The maximum atomic E-state index is 14.3. The number of hydrogen-bond acceptors (Lipinski definition) is 8. The Morgan fingerprint density at radius 2 is 2.16 bits per heavy atom. The van der Waals surface area contributed by atoms with Crippen molar-refractivity contribution in [2.45, 2.75) is 44.9 Å². The molecule has 1 saturated heterocycles. The number of ether oxygens (including phenoxy) is 1.